The average Bonchev–Trinajstić information content (AvgIpc) is 3.73. The Bertz CT molecular complexity index is 1800. The van der Waals surface area contributed by atoms with Gasteiger partial charge in [0.1, 0.15) is 47.8 Å². The van der Waals surface area contributed by atoms with Crippen LogP contribution < -0.4 is 16.4 Å². The maximum absolute atomic E-state index is 14.7. The Morgan fingerprint density at radius 1 is 0.790 bits per heavy atom. The number of nitrogens with two attached hydrogens (primary N) is 1. The third-order valence-corrected chi connectivity index (χ3v) is 11.8. The molecule has 2 aromatic rings. The molecule has 16 nitrogen and oxygen atoms in total. The zero-order valence-electron chi connectivity index (χ0n) is 36.8. The van der Waals surface area contributed by atoms with Crippen molar-refractivity contribution in [3.05, 3.63) is 59.7 Å². The van der Waals surface area contributed by atoms with Crippen molar-refractivity contribution in [2.45, 2.75) is 134 Å². The molecule has 1 saturated heterocycles. The van der Waals surface area contributed by atoms with Crippen LogP contribution in [-0.2, 0) is 41.6 Å². The van der Waals surface area contributed by atoms with Crippen molar-refractivity contribution in [3.8, 4) is 11.5 Å². The van der Waals surface area contributed by atoms with Gasteiger partial charge in [0, 0.05) is 45.4 Å². The zero-order chi connectivity index (χ0) is 46.3. The first kappa shape index (κ1) is 51.4. The number of likely N-dealkylation sites (tertiary alicyclic amines) is 1. The lowest BCUT2D eigenvalue weighted by Gasteiger charge is -2.39. The van der Waals surface area contributed by atoms with Crippen molar-refractivity contribution in [3.63, 3.8) is 0 Å². The van der Waals surface area contributed by atoms with Crippen molar-refractivity contribution in [2.24, 2.45) is 17.6 Å². The molecule has 17 heteroatoms. The number of unbranched alkanes of at least 4 members (excludes halogenated alkanes) is 4. The van der Waals surface area contributed by atoms with Crippen LogP contribution in [0.3, 0.4) is 0 Å². The maximum atomic E-state index is 14.7. The van der Waals surface area contributed by atoms with E-state index in [-0.39, 0.29) is 37.3 Å². The number of benzene rings is 2. The first-order valence-corrected chi connectivity index (χ1v) is 22.0. The van der Waals surface area contributed by atoms with Gasteiger partial charge in [0.2, 0.25) is 23.6 Å². The van der Waals surface area contributed by atoms with Crippen molar-refractivity contribution in [1.82, 2.24) is 25.3 Å². The van der Waals surface area contributed by atoms with Crippen LogP contribution in [0.15, 0.2) is 48.5 Å². The number of phenolic OH excluding ortho intramolecular Hbond substituents is 2. The van der Waals surface area contributed by atoms with E-state index in [2.05, 4.69) is 10.6 Å². The van der Waals surface area contributed by atoms with Gasteiger partial charge in [-0.25, -0.2) is 4.79 Å². The molecule has 0 saturated carbocycles. The molecular weight excluding hydrogens is 820 g/mol. The number of rotatable bonds is 24. The highest BCUT2D eigenvalue weighted by Gasteiger charge is 2.44. The first-order chi connectivity index (χ1) is 29.3. The minimum absolute atomic E-state index is 0.00434. The molecule has 1 heterocycles. The summed E-state index contributed by atoms with van der Waals surface area (Å²) >= 11 is 5.74. The second-order valence-corrected chi connectivity index (χ2v) is 17.4. The number of carbonyl (C=O) groups is 6. The topological polar surface area (TPSA) is 243 Å². The van der Waals surface area contributed by atoms with Crippen molar-refractivity contribution >= 4 is 47.1 Å². The summed E-state index contributed by atoms with van der Waals surface area (Å²) in [5, 5.41) is 45.6. The summed E-state index contributed by atoms with van der Waals surface area (Å²) in [6.45, 7) is 7.10. The highest BCUT2D eigenvalue weighted by molar-refractivity contribution is 6.17. The molecule has 1 aliphatic rings. The standard InChI is InChI=1S/C45H67ClN6O10/c1-27(2)37(49-41(57)39(55)33(47)13-10-8-7-9-11-23-46)43(59)51(6)38(28(3)4)44(60)50(5)36(26-30-17-21-32(54)22-18-30)42(58)52-24-12-14-35(52)40(56)48-34(45(61)62)25-29-15-19-31(53)20-16-29/h15-22,27-28,33-39,53-55H,7-14,23-26,47H2,1-6H3,(H,48,56)(H,49,57)(H,61,62)/t33-,34-,35-,36-,37-,38?,39-/m0/s1. The molecule has 1 unspecified atom stereocenters. The number of carboxylic acids is 1. The summed E-state index contributed by atoms with van der Waals surface area (Å²) in [6.07, 6.45) is 3.87. The molecule has 3 rings (SSSR count). The summed E-state index contributed by atoms with van der Waals surface area (Å²) in [5.74, 6) is -4.85. The Morgan fingerprint density at radius 2 is 1.34 bits per heavy atom. The molecule has 8 N–H and O–H groups in total. The van der Waals surface area contributed by atoms with E-state index in [9.17, 15) is 49.2 Å². The Labute approximate surface area is 370 Å². The minimum atomic E-state index is -1.57. The fraction of sp³-hybridized carbons (Fsp3) is 0.600. The van der Waals surface area contributed by atoms with Crippen LogP contribution in [0.1, 0.15) is 90.2 Å². The summed E-state index contributed by atoms with van der Waals surface area (Å²) in [6, 6.07) is 5.36. The summed E-state index contributed by atoms with van der Waals surface area (Å²) < 4.78 is 0. The number of carboxylic acid groups (broad SMARTS) is 1. The first-order valence-electron chi connectivity index (χ1n) is 21.5. The second-order valence-electron chi connectivity index (χ2n) is 17.0. The molecular formula is C45H67ClN6O10. The van der Waals surface area contributed by atoms with Gasteiger partial charge in [-0.05, 0) is 72.9 Å². The van der Waals surface area contributed by atoms with Gasteiger partial charge in [0.15, 0.2) is 0 Å². The molecule has 7 atom stereocenters. The van der Waals surface area contributed by atoms with Crippen LogP contribution in [0.4, 0.5) is 0 Å². The monoisotopic (exact) mass is 886 g/mol. The largest absolute Gasteiger partial charge is 0.508 e. The predicted octanol–water partition coefficient (Wildman–Crippen LogP) is 3.16. The lowest BCUT2D eigenvalue weighted by molar-refractivity contribution is -0.154. The van der Waals surface area contributed by atoms with Crippen LogP contribution >= 0.6 is 11.6 Å². The highest BCUT2D eigenvalue weighted by Crippen LogP contribution is 2.25. The van der Waals surface area contributed by atoms with E-state index >= 15 is 0 Å². The van der Waals surface area contributed by atoms with Gasteiger partial charge >= 0.3 is 5.97 Å². The molecule has 0 aromatic heterocycles. The minimum Gasteiger partial charge on any atom is -0.508 e. The van der Waals surface area contributed by atoms with E-state index in [1.165, 1.54) is 53.1 Å². The number of hydrogen-bond donors (Lipinski definition) is 7. The van der Waals surface area contributed by atoms with Gasteiger partial charge in [-0.2, -0.15) is 0 Å². The van der Waals surface area contributed by atoms with Crippen LogP contribution in [-0.4, -0.2) is 140 Å². The average molecular weight is 888 g/mol. The van der Waals surface area contributed by atoms with Crippen LogP contribution in [0.2, 0.25) is 0 Å². The van der Waals surface area contributed by atoms with Crippen LogP contribution in [0.25, 0.3) is 0 Å². The molecule has 0 bridgehead atoms. The third kappa shape index (κ3) is 14.6. The summed E-state index contributed by atoms with van der Waals surface area (Å²) in [4.78, 5) is 86.7. The number of nitrogens with one attached hydrogen (secondary N) is 2. The molecule has 0 aliphatic carbocycles. The number of phenols is 2. The smallest absolute Gasteiger partial charge is 0.326 e. The normalized spacial score (nSPS) is 16.8. The number of amides is 5. The Balaban J connectivity index is 1.85. The molecule has 0 radical (unpaired) electrons. The van der Waals surface area contributed by atoms with Crippen LogP contribution in [0, 0.1) is 11.8 Å². The van der Waals surface area contributed by atoms with E-state index in [1.54, 1.807) is 52.0 Å². The fourth-order valence-electron chi connectivity index (χ4n) is 7.80. The molecule has 62 heavy (non-hydrogen) atoms. The Morgan fingerprint density at radius 3 is 1.87 bits per heavy atom. The van der Waals surface area contributed by atoms with Crippen LogP contribution in [0.5, 0.6) is 11.5 Å². The molecule has 1 fully saturated rings. The number of aliphatic hydroxyl groups excluding tert-OH is 1. The number of aliphatic carboxylic acids is 1. The number of halogens is 1. The maximum Gasteiger partial charge on any atom is 0.326 e. The van der Waals surface area contributed by atoms with Crippen molar-refractivity contribution in [1.29, 1.82) is 0 Å². The van der Waals surface area contributed by atoms with E-state index < -0.39 is 89.7 Å². The molecule has 5 amide bonds. The van der Waals surface area contributed by atoms with Gasteiger partial charge < -0.3 is 51.5 Å². The number of hydrogen-bond acceptors (Lipinski definition) is 10. The van der Waals surface area contributed by atoms with E-state index in [0.717, 1.165) is 25.7 Å². The quantitative estimate of drug-likeness (QED) is 0.0597. The van der Waals surface area contributed by atoms with Gasteiger partial charge in [0.25, 0.3) is 5.91 Å². The van der Waals surface area contributed by atoms with Gasteiger partial charge in [-0.1, -0.05) is 77.6 Å². The molecule has 1 aliphatic heterocycles. The lowest BCUT2D eigenvalue weighted by atomic mass is 9.95. The number of aliphatic hydroxyl groups is 1. The molecule has 2 aromatic carbocycles. The van der Waals surface area contributed by atoms with Gasteiger partial charge in [0.05, 0.1) is 0 Å². The lowest BCUT2D eigenvalue weighted by Crippen LogP contribution is -2.61. The van der Waals surface area contributed by atoms with Gasteiger partial charge in [-0.3, -0.25) is 24.0 Å². The second kappa shape index (κ2) is 24.6. The highest BCUT2D eigenvalue weighted by atomic mass is 35.5. The summed E-state index contributed by atoms with van der Waals surface area (Å²) in [7, 11) is 2.89. The number of aromatic hydroxyl groups is 2. The SMILES string of the molecule is CC(C)C(C(=O)N(C)[C@@H](Cc1ccc(O)cc1)C(=O)N1CCC[C@H]1C(=O)N[C@@H](Cc1ccc(O)cc1)C(=O)O)N(C)C(=O)[C@@H](NC(=O)[C@@H](O)[C@@H](N)CCCCCCCCl)C(C)C. The van der Waals surface area contributed by atoms with E-state index in [4.69, 9.17) is 17.3 Å². The predicted molar refractivity (Wildman–Crippen MR) is 235 cm³/mol. The van der Waals surface area contributed by atoms with E-state index in [0.29, 0.717) is 36.3 Å². The van der Waals surface area contributed by atoms with Gasteiger partial charge in [-0.15, -0.1) is 11.6 Å². The number of carbonyl (C=O) groups excluding carboxylic acids is 5. The van der Waals surface area contributed by atoms with Crippen molar-refractivity contribution in [2.75, 3.05) is 26.5 Å². The molecule has 0 spiro atoms. The number of nitrogens with zero attached hydrogens (tertiary/aromatic N) is 3. The Kier molecular flexibility index (Phi) is 20.4. The Hall–Kier alpha value is -4.93. The van der Waals surface area contributed by atoms with E-state index in [1.807, 2.05) is 0 Å². The fourth-order valence-corrected chi connectivity index (χ4v) is 7.99. The molecule has 344 valence electrons. The summed E-state index contributed by atoms with van der Waals surface area (Å²) in [5.41, 5.74) is 7.34. The third-order valence-electron chi connectivity index (χ3n) is 11.5. The number of likely N-dealkylation sites (N-methyl/N-ethyl adjacent to an activating group) is 2. The number of alkyl halides is 1. The zero-order valence-corrected chi connectivity index (χ0v) is 37.6. The van der Waals surface area contributed by atoms with Crippen molar-refractivity contribution < 1.29 is 49.2 Å².